The molecule has 0 aliphatic heterocycles. The van der Waals surface area contributed by atoms with Crippen molar-refractivity contribution in [1.29, 1.82) is 0 Å². The SMILES string of the molecule is CN(C)P(=O)(N(C)C)N(C)CC=Cc1ccccc1. The van der Waals surface area contributed by atoms with Gasteiger partial charge in [0, 0.05) is 6.54 Å². The van der Waals surface area contributed by atoms with Crippen LogP contribution in [0, 0.1) is 0 Å². The van der Waals surface area contributed by atoms with E-state index in [9.17, 15) is 4.57 Å². The van der Waals surface area contributed by atoms with E-state index in [4.69, 9.17) is 0 Å². The molecule has 0 N–H and O–H groups in total. The van der Waals surface area contributed by atoms with Gasteiger partial charge in [0.1, 0.15) is 0 Å². The van der Waals surface area contributed by atoms with Gasteiger partial charge in [0.15, 0.2) is 0 Å². The molecule has 0 saturated heterocycles. The van der Waals surface area contributed by atoms with Crippen molar-refractivity contribution < 1.29 is 4.57 Å². The first kappa shape index (κ1) is 16.1. The van der Waals surface area contributed by atoms with Crippen LogP contribution in [-0.2, 0) is 4.57 Å². The first-order valence-electron chi connectivity index (χ1n) is 6.28. The van der Waals surface area contributed by atoms with Crippen molar-refractivity contribution in [3.63, 3.8) is 0 Å². The largest absolute Gasteiger partial charge is 0.285 e. The zero-order valence-corrected chi connectivity index (χ0v) is 13.3. The lowest BCUT2D eigenvalue weighted by atomic mass is 10.2. The summed E-state index contributed by atoms with van der Waals surface area (Å²) >= 11 is 0. The first-order chi connectivity index (χ1) is 8.89. The molecule has 0 aromatic heterocycles. The number of nitrogens with zero attached hydrogens (tertiary/aromatic N) is 3. The van der Waals surface area contributed by atoms with E-state index in [1.54, 1.807) is 9.34 Å². The van der Waals surface area contributed by atoms with Gasteiger partial charge in [0.05, 0.1) is 0 Å². The highest BCUT2D eigenvalue weighted by molar-refractivity contribution is 7.56. The molecule has 0 aliphatic rings. The molecule has 0 bridgehead atoms. The Labute approximate surface area is 116 Å². The topological polar surface area (TPSA) is 26.8 Å². The standard InChI is InChI=1S/C14H24N3OP/c1-15(2)19(18,16(3)4)17(5)13-9-12-14-10-7-6-8-11-14/h6-12H,13H2,1-5H3. The molecule has 106 valence electrons. The lowest BCUT2D eigenvalue weighted by molar-refractivity contribution is 0.372. The molecule has 0 fully saturated rings. The van der Waals surface area contributed by atoms with Crippen molar-refractivity contribution in [1.82, 2.24) is 14.0 Å². The molecular formula is C14H24N3OP. The predicted molar refractivity (Wildman–Crippen MR) is 83.1 cm³/mol. The lowest BCUT2D eigenvalue weighted by Gasteiger charge is -2.36. The molecule has 1 aromatic carbocycles. The molecule has 0 saturated carbocycles. The van der Waals surface area contributed by atoms with Gasteiger partial charge in [-0.1, -0.05) is 42.5 Å². The highest BCUT2D eigenvalue weighted by atomic mass is 31.2. The van der Waals surface area contributed by atoms with Crippen LogP contribution in [0.2, 0.25) is 0 Å². The summed E-state index contributed by atoms with van der Waals surface area (Å²) in [6.45, 7) is 0.641. The first-order valence-corrected chi connectivity index (χ1v) is 7.84. The van der Waals surface area contributed by atoms with Gasteiger partial charge in [-0.25, -0.2) is 14.0 Å². The van der Waals surface area contributed by atoms with Crippen LogP contribution in [0.4, 0.5) is 0 Å². The van der Waals surface area contributed by atoms with Gasteiger partial charge in [-0.2, -0.15) is 0 Å². The second-order valence-electron chi connectivity index (χ2n) is 4.86. The molecule has 19 heavy (non-hydrogen) atoms. The Kier molecular flexibility index (Phi) is 5.95. The number of hydrogen-bond donors (Lipinski definition) is 0. The molecule has 0 spiro atoms. The summed E-state index contributed by atoms with van der Waals surface area (Å²) in [5, 5.41) is 0. The van der Waals surface area contributed by atoms with E-state index >= 15 is 0 Å². The predicted octanol–water partition coefficient (Wildman–Crippen LogP) is 2.86. The minimum absolute atomic E-state index is 0.641. The number of benzene rings is 1. The number of hydrogen-bond acceptors (Lipinski definition) is 1. The van der Waals surface area contributed by atoms with E-state index in [1.807, 2.05) is 82.4 Å². The van der Waals surface area contributed by atoms with Crippen LogP contribution in [0.25, 0.3) is 6.08 Å². The second kappa shape index (κ2) is 7.01. The molecule has 0 radical (unpaired) electrons. The summed E-state index contributed by atoms with van der Waals surface area (Å²) in [6.07, 6.45) is 4.08. The van der Waals surface area contributed by atoms with E-state index in [2.05, 4.69) is 0 Å². The van der Waals surface area contributed by atoms with Gasteiger partial charge < -0.3 is 0 Å². The third kappa shape index (κ3) is 4.02. The molecule has 0 unspecified atom stereocenters. The monoisotopic (exact) mass is 281 g/mol. The maximum Gasteiger partial charge on any atom is 0.285 e. The third-order valence-corrected chi connectivity index (χ3v) is 6.10. The van der Waals surface area contributed by atoms with Crippen molar-refractivity contribution in [3.05, 3.63) is 42.0 Å². The van der Waals surface area contributed by atoms with Crippen molar-refractivity contribution in [2.75, 3.05) is 41.8 Å². The van der Waals surface area contributed by atoms with Gasteiger partial charge in [-0.05, 0) is 40.8 Å². The maximum absolute atomic E-state index is 12.9. The second-order valence-corrected chi connectivity index (χ2v) is 8.17. The fraction of sp³-hybridized carbons (Fsp3) is 0.429. The Morgan fingerprint density at radius 2 is 1.53 bits per heavy atom. The van der Waals surface area contributed by atoms with Gasteiger partial charge >= 0.3 is 0 Å². The van der Waals surface area contributed by atoms with Crippen LogP contribution in [0.1, 0.15) is 5.56 Å². The fourth-order valence-corrected chi connectivity index (χ4v) is 4.22. The van der Waals surface area contributed by atoms with E-state index in [0.717, 1.165) is 5.56 Å². The van der Waals surface area contributed by atoms with Crippen LogP contribution < -0.4 is 0 Å². The van der Waals surface area contributed by atoms with Crippen molar-refractivity contribution in [2.24, 2.45) is 0 Å². The van der Waals surface area contributed by atoms with Crippen molar-refractivity contribution in [2.45, 2.75) is 0 Å². The average molecular weight is 281 g/mol. The summed E-state index contributed by atoms with van der Waals surface area (Å²) in [5.41, 5.74) is 1.15. The van der Waals surface area contributed by atoms with Crippen LogP contribution in [0.5, 0.6) is 0 Å². The molecule has 1 rings (SSSR count). The molecule has 0 atom stereocenters. The van der Waals surface area contributed by atoms with Gasteiger partial charge in [0.2, 0.25) is 0 Å². The molecule has 1 aromatic rings. The lowest BCUT2D eigenvalue weighted by Crippen LogP contribution is -2.32. The Morgan fingerprint density at radius 1 is 1.00 bits per heavy atom. The molecular weight excluding hydrogens is 257 g/mol. The van der Waals surface area contributed by atoms with E-state index in [-0.39, 0.29) is 0 Å². The molecule has 0 amide bonds. The Morgan fingerprint density at radius 3 is 2.00 bits per heavy atom. The van der Waals surface area contributed by atoms with Gasteiger partial charge in [-0.15, -0.1) is 0 Å². The summed E-state index contributed by atoms with van der Waals surface area (Å²) in [6, 6.07) is 10.1. The Hall–Kier alpha value is -0.930. The third-order valence-electron chi connectivity index (χ3n) is 2.97. The molecule has 4 nitrogen and oxygen atoms in total. The summed E-state index contributed by atoms with van der Waals surface area (Å²) < 4.78 is 18.3. The van der Waals surface area contributed by atoms with Crippen molar-refractivity contribution in [3.8, 4) is 0 Å². The van der Waals surface area contributed by atoms with Crippen LogP contribution >= 0.6 is 7.59 Å². The summed E-state index contributed by atoms with van der Waals surface area (Å²) in [5.74, 6) is 0. The maximum atomic E-state index is 12.9. The minimum atomic E-state index is -2.63. The Bertz CT molecular complexity index is 445. The quantitative estimate of drug-likeness (QED) is 0.749. The molecule has 0 heterocycles. The smallest absolute Gasteiger partial charge is 0.270 e. The summed E-state index contributed by atoms with van der Waals surface area (Å²) in [4.78, 5) is 0. The fourth-order valence-electron chi connectivity index (χ4n) is 1.98. The molecule has 5 heteroatoms. The van der Waals surface area contributed by atoms with E-state index in [0.29, 0.717) is 6.54 Å². The minimum Gasteiger partial charge on any atom is -0.270 e. The normalized spacial score (nSPS) is 13.1. The zero-order valence-electron chi connectivity index (χ0n) is 12.4. The molecule has 0 aliphatic carbocycles. The van der Waals surface area contributed by atoms with Gasteiger partial charge in [-0.3, -0.25) is 4.57 Å². The van der Waals surface area contributed by atoms with E-state index in [1.165, 1.54) is 0 Å². The van der Waals surface area contributed by atoms with Crippen LogP contribution in [0.3, 0.4) is 0 Å². The van der Waals surface area contributed by atoms with E-state index < -0.39 is 7.59 Å². The van der Waals surface area contributed by atoms with Crippen LogP contribution in [-0.4, -0.2) is 55.8 Å². The van der Waals surface area contributed by atoms with Gasteiger partial charge in [0.25, 0.3) is 7.59 Å². The highest BCUT2D eigenvalue weighted by Crippen LogP contribution is 2.51. The van der Waals surface area contributed by atoms with Crippen LogP contribution in [0.15, 0.2) is 36.4 Å². The Balaban J connectivity index is 2.72. The number of rotatable bonds is 6. The van der Waals surface area contributed by atoms with Crippen molar-refractivity contribution >= 4 is 13.7 Å². The number of likely N-dealkylation sites (N-methyl/N-ethyl adjacent to an activating group) is 1. The summed E-state index contributed by atoms with van der Waals surface area (Å²) in [7, 11) is 6.64. The zero-order chi connectivity index (χ0) is 14.5. The average Bonchev–Trinajstić information content (AvgIpc) is 2.38. The highest BCUT2D eigenvalue weighted by Gasteiger charge is 2.32.